The van der Waals surface area contributed by atoms with Gasteiger partial charge in [-0.25, -0.2) is 13.1 Å². The van der Waals surface area contributed by atoms with Crippen molar-refractivity contribution in [3.05, 3.63) is 89.2 Å². The quantitative estimate of drug-likeness (QED) is 0.445. The molecule has 2 aromatic carbocycles. The maximum absolute atomic E-state index is 13.3. The molecule has 38 heavy (non-hydrogen) atoms. The van der Waals surface area contributed by atoms with Gasteiger partial charge in [0.25, 0.3) is 5.91 Å². The van der Waals surface area contributed by atoms with Crippen molar-refractivity contribution in [3.8, 4) is 0 Å². The van der Waals surface area contributed by atoms with Gasteiger partial charge in [0, 0.05) is 60.2 Å². The standard InChI is InChI=1S/C30H36N4O3S/c1-5-21-9-12-24(13-10-21)38(36,37)33-27-19-30(27)20-29(2,3)32-26-14-11-22(18-25(26)30)28(35)34(4)17-15-23-8-6-7-16-31-23/h6-14,16,18,27,32-33H,5,15,17,19-20H2,1-4H3. The fraction of sp³-hybridized carbons (Fsp3) is 0.400. The van der Waals surface area contributed by atoms with Crippen molar-refractivity contribution < 1.29 is 13.2 Å². The number of carbonyl (C=O) groups excluding carboxylic acids is 1. The van der Waals surface area contributed by atoms with Gasteiger partial charge in [0.1, 0.15) is 0 Å². The molecule has 1 amide bonds. The van der Waals surface area contributed by atoms with Crippen LogP contribution in [0.3, 0.4) is 0 Å². The van der Waals surface area contributed by atoms with Gasteiger partial charge in [0.2, 0.25) is 10.0 Å². The molecule has 1 aliphatic heterocycles. The zero-order valence-corrected chi connectivity index (χ0v) is 23.3. The average molecular weight is 533 g/mol. The molecule has 8 heteroatoms. The molecule has 1 aromatic heterocycles. The first-order valence-corrected chi connectivity index (χ1v) is 14.7. The highest BCUT2D eigenvalue weighted by Gasteiger charge is 2.61. The van der Waals surface area contributed by atoms with E-state index in [1.54, 1.807) is 30.3 Å². The van der Waals surface area contributed by atoms with Crippen LogP contribution in [0.1, 0.15) is 60.8 Å². The Labute approximate surface area is 225 Å². The van der Waals surface area contributed by atoms with Crippen LogP contribution in [0.15, 0.2) is 71.8 Å². The summed E-state index contributed by atoms with van der Waals surface area (Å²) in [6.45, 7) is 6.87. The van der Waals surface area contributed by atoms with Crippen LogP contribution in [0, 0.1) is 0 Å². The Morgan fingerprint density at radius 2 is 1.89 bits per heavy atom. The number of amides is 1. The van der Waals surface area contributed by atoms with Gasteiger partial charge in [-0.2, -0.15) is 0 Å². The maximum atomic E-state index is 13.3. The number of nitrogens with zero attached hydrogens (tertiary/aromatic N) is 2. The first-order chi connectivity index (χ1) is 18.0. The zero-order valence-electron chi connectivity index (χ0n) is 22.5. The van der Waals surface area contributed by atoms with Crippen LogP contribution in [0.4, 0.5) is 5.69 Å². The molecular weight excluding hydrogens is 496 g/mol. The molecule has 0 saturated heterocycles. The lowest BCUT2D eigenvalue weighted by Crippen LogP contribution is -2.44. The number of likely N-dealkylation sites (N-methyl/N-ethyl adjacent to an activating group) is 1. The number of fused-ring (bicyclic) bond motifs is 2. The molecule has 2 unspecified atom stereocenters. The van der Waals surface area contributed by atoms with Gasteiger partial charge in [-0.05, 0) is 86.7 Å². The van der Waals surface area contributed by atoms with Crippen LogP contribution in [0.5, 0.6) is 0 Å². The topological polar surface area (TPSA) is 91.4 Å². The Morgan fingerprint density at radius 1 is 1.13 bits per heavy atom. The molecule has 1 spiro atoms. The molecule has 3 aromatic rings. The average Bonchev–Trinajstić information content (AvgIpc) is 3.56. The van der Waals surface area contributed by atoms with E-state index >= 15 is 0 Å². The van der Waals surface area contributed by atoms with Crippen molar-refractivity contribution in [3.63, 3.8) is 0 Å². The number of benzene rings is 2. The summed E-state index contributed by atoms with van der Waals surface area (Å²) in [7, 11) is -1.86. The number of aryl methyl sites for hydroxylation is 1. The Balaban J connectivity index is 1.37. The van der Waals surface area contributed by atoms with E-state index in [1.165, 1.54) is 0 Å². The number of aromatic nitrogens is 1. The highest BCUT2D eigenvalue weighted by atomic mass is 32.2. The van der Waals surface area contributed by atoms with Crippen molar-refractivity contribution in [1.82, 2.24) is 14.6 Å². The Morgan fingerprint density at radius 3 is 2.58 bits per heavy atom. The van der Waals surface area contributed by atoms with Gasteiger partial charge in [0.15, 0.2) is 0 Å². The molecule has 0 bridgehead atoms. The van der Waals surface area contributed by atoms with Gasteiger partial charge >= 0.3 is 0 Å². The van der Waals surface area contributed by atoms with Gasteiger partial charge in [-0.1, -0.05) is 25.1 Å². The molecule has 7 nitrogen and oxygen atoms in total. The lowest BCUT2D eigenvalue weighted by molar-refractivity contribution is 0.0796. The summed E-state index contributed by atoms with van der Waals surface area (Å²) < 4.78 is 29.5. The predicted octanol–water partition coefficient (Wildman–Crippen LogP) is 4.54. The monoisotopic (exact) mass is 532 g/mol. The summed E-state index contributed by atoms with van der Waals surface area (Å²) in [5, 5.41) is 3.59. The number of hydrogen-bond donors (Lipinski definition) is 2. The minimum atomic E-state index is -3.66. The predicted molar refractivity (Wildman–Crippen MR) is 150 cm³/mol. The number of rotatable bonds is 8. The van der Waals surface area contributed by atoms with Crippen molar-refractivity contribution >= 4 is 21.6 Å². The van der Waals surface area contributed by atoms with Crippen molar-refractivity contribution in [2.75, 3.05) is 18.9 Å². The van der Waals surface area contributed by atoms with Crippen LogP contribution in [0.25, 0.3) is 0 Å². The third-order valence-electron chi connectivity index (χ3n) is 7.82. The summed E-state index contributed by atoms with van der Waals surface area (Å²) >= 11 is 0. The van der Waals surface area contributed by atoms with Gasteiger partial charge < -0.3 is 10.2 Å². The lowest BCUT2D eigenvalue weighted by atomic mass is 9.77. The SMILES string of the molecule is CCc1ccc(S(=O)(=O)NC2CC23CC(C)(C)Nc2ccc(C(=O)N(C)CCc4ccccn4)cc23)cc1. The molecule has 5 rings (SSSR count). The van der Waals surface area contributed by atoms with E-state index in [1.807, 2.05) is 55.5 Å². The third-order valence-corrected chi connectivity index (χ3v) is 9.31. The van der Waals surface area contributed by atoms with E-state index < -0.39 is 10.0 Å². The van der Waals surface area contributed by atoms with Gasteiger partial charge in [-0.3, -0.25) is 9.78 Å². The minimum Gasteiger partial charge on any atom is -0.380 e. The second-order valence-electron chi connectivity index (χ2n) is 11.3. The molecule has 2 heterocycles. The van der Waals surface area contributed by atoms with Crippen LogP contribution in [-0.4, -0.2) is 49.4 Å². The van der Waals surface area contributed by atoms with E-state index in [0.29, 0.717) is 24.9 Å². The van der Waals surface area contributed by atoms with Crippen LogP contribution < -0.4 is 10.0 Å². The maximum Gasteiger partial charge on any atom is 0.253 e. The van der Waals surface area contributed by atoms with Gasteiger partial charge in [0.05, 0.1) is 4.90 Å². The number of nitrogens with one attached hydrogen (secondary N) is 2. The Bertz CT molecular complexity index is 1440. The molecule has 0 radical (unpaired) electrons. The highest BCUT2D eigenvalue weighted by Crippen LogP contribution is 2.59. The first-order valence-electron chi connectivity index (χ1n) is 13.2. The fourth-order valence-corrected chi connectivity index (χ4v) is 7.07. The second-order valence-corrected chi connectivity index (χ2v) is 13.0. The first kappa shape index (κ1) is 26.4. The summed E-state index contributed by atoms with van der Waals surface area (Å²) in [6, 6.07) is 18.4. The summed E-state index contributed by atoms with van der Waals surface area (Å²) in [4.78, 5) is 19.7. The molecular formula is C30H36N4O3S. The van der Waals surface area contributed by atoms with Crippen molar-refractivity contribution in [2.45, 2.75) is 68.3 Å². The number of pyridine rings is 1. The van der Waals surface area contributed by atoms with Crippen molar-refractivity contribution in [2.24, 2.45) is 0 Å². The lowest BCUT2D eigenvalue weighted by Gasteiger charge is -2.40. The number of carbonyl (C=O) groups is 1. The number of anilines is 1. The summed E-state index contributed by atoms with van der Waals surface area (Å²) in [6.07, 6.45) is 4.76. The Hall–Kier alpha value is -3.23. The molecule has 1 aliphatic carbocycles. The van der Waals surface area contributed by atoms with Crippen LogP contribution >= 0.6 is 0 Å². The van der Waals surface area contributed by atoms with Gasteiger partial charge in [-0.15, -0.1) is 0 Å². The molecule has 1 saturated carbocycles. The molecule has 2 atom stereocenters. The number of sulfonamides is 1. The molecule has 2 N–H and O–H groups in total. The largest absolute Gasteiger partial charge is 0.380 e. The summed E-state index contributed by atoms with van der Waals surface area (Å²) in [5.41, 5.74) is 4.06. The zero-order chi connectivity index (χ0) is 27.1. The Kier molecular flexibility index (Phi) is 6.82. The minimum absolute atomic E-state index is 0.0579. The van der Waals surface area contributed by atoms with E-state index in [0.717, 1.165) is 35.3 Å². The molecule has 2 aliphatic rings. The fourth-order valence-electron chi connectivity index (χ4n) is 5.75. The van der Waals surface area contributed by atoms with E-state index in [9.17, 15) is 13.2 Å². The smallest absolute Gasteiger partial charge is 0.253 e. The summed E-state index contributed by atoms with van der Waals surface area (Å²) in [5.74, 6) is -0.0579. The van der Waals surface area contributed by atoms with Crippen molar-refractivity contribution in [1.29, 1.82) is 0 Å². The van der Waals surface area contributed by atoms with Crippen LogP contribution in [0.2, 0.25) is 0 Å². The normalized spacial score (nSPS) is 21.4. The van der Waals surface area contributed by atoms with Crippen LogP contribution in [-0.2, 0) is 28.3 Å². The van der Waals surface area contributed by atoms with E-state index in [4.69, 9.17) is 0 Å². The van der Waals surface area contributed by atoms with E-state index in [-0.39, 0.29) is 27.8 Å². The molecule has 200 valence electrons. The second kappa shape index (κ2) is 9.82. The number of hydrogen-bond acceptors (Lipinski definition) is 5. The third kappa shape index (κ3) is 5.20. The van der Waals surface area contributed by atoms with E-state index in [2.05, 4.69) is 28.9 Å². The highest BCUT2D eigenvalue weighted by molar-refractivity contribution is 7.89. The molecule has 1 fully saturated rings.